The van der Waals surface area contributed by atoms with Crippen LogP contribution in [0.5, 0.6) is 0 Å². The number of carbonyl (C=O) groups excluding carboxylic acids is 1. The van der Waals surface area contributed by atoms with E-state index in [4.69, 9.17) is 16.6 Å². The molecule has 0 spiro atoms. The fraction of sp³-hybridized carbons (Fsp3) is 0.364. The lowest BCUT2D eigenvalue weighted by Gasteiger charge is -2.32. The second kappa shape index (κ2) is 8.07. The van der Waals surface area contributed by atoms with Gasteiger partial charge in [0.05, 0.1) is 21.6 Å². The Balaban J connectivity index is 1.49. The molecule has 0 unspecified atom stereocenters. The zero-order valence-electron chi connectivity index (χ0n) is 17.1. The molecule has 3 aromatic rings. The van der Waals surface area contributed by atoms with Gasteiger partial charge in [-0.1, -0.05) is 11.6 Å². The number of nitrogens with zero attached hydrogens (tertiary/aromatic N) is 2. The molecule has 0 radical (unpaired) electrons. The average Bonchev–Trinajstić information content (AvgIpc) is 3.11. The molecule has 1 saturated heterocycles. The summed E-state index contributed by atoms with van der Waals surface area (Å²) in [5, 5.41) is 2.16. The maximum absolute atomic E-state index is 13.1. The molecule has 2 amide bonds. The first-order valence-electron chi connectivity index (χ1n) is 10.0. The van der Waals surface area contributed by atoms with Gasteiger partial charge >= 0.3 is 12.2 Å². The third-order valence-corrected chi connectivity index (χ3v) is 6.06. The van der Waals surface area contributed by atoms with Crippen molar-refractivity contribution in [2.45, 2.75) is 38.8 Å². The number of likely N-dealkylation sites (tertiary alicyclic amines) is 1. The van der Waals surface area contributed by atoms with Crippen molar-refractivity contribution >= 4 is 34.4 Å². The molecule has 1 aromatic heterocycles. The van der Waals surface area contributed by atoms with E-state index >= 15 is 0 Å². The number of alkyl halides is 3. The number of aromatic amines is 1. The lowest BCUT2D eigenvalue weighted by molar-refractivity contribution is -0.137. The molecule has 0 aliphatic carbocycles. The highest BCUT2D eigenvalue weighted by atomic mass is 35.5. The molecule has 0 saturated carbocycles. The third-order valence-electron chi connectivity index (χ3n) is 5.73. The summed E-state index contributed by atoms with van der Waals surface area (Å²) in [6.45, 7) is 5.05. The van der Waals surface area contributed by atoms with Gasteiger partial charge in [0, 0.05) is 24.7 Å². The monoisotopic (exact) mass is 450 g/mol. The molecule has 31 heavy (non-hydrogen) atoms. The Morgan fingerprint density at radius 1 is 1.23 bits per heavy atom. The van der Waals surface area contributed by atoms with Crippen molar-refractivity contribution in [2.24, 2.45) is 0 Å². The summed E-state index contributed by atoms with van der Waals surface area (Å²) in [4.78, 5) is 22.4. The molecule has 1 aliphatic rings. The Labute approximate surface area is 182 Å². The third kappa shape index (κ3) is 4.49. The summed E-state index contributed by atoms with van der Waals surface area (Å²) in [5.41, 5.74) is 3.26. The van der Waals surface area contributed by atoms with Crippen LogP contribution >= 0.6 is 11.6 Å². The van der Waals surface area contributed by atoms with Gasteiger partial charge in [-0.05, 0) is 68.1 Å². The molecule has 164 valence electrons. The van der Waals surface area contributed by atoms with Gasteiger partial charge in [-0.2, -0.15) is 13.2 Å². The lowest BCUT2D eigenvalue weighted by Crippen LogP contribution is -2.41. The second-order valence-corrected chi connectivity index (χ2v) is 8.39. The highest BCUT2D eigenvalue weighted by Gasteiger charge is 2.34. The minimum Gasteiger partial charge on any atom is -0.342 e. The van der Waals surface area contributed by atoms with Crippen molar-refractivity contribution < 1.29 is 18.0 Å². The predicted octanol–water partition coefficient (Wildman–Crippen LogP) is 6.26. The summed E-state index contributed by atoms with van der Waals surface area (Å²) in [6, 6.07) is 7.01. The summed E-state index contributed by atoms with van der Waals surface area (Å²) < 4.78 is 39.2. The standard InChI is InChI=1S/C22H22ClF3N4O/c1-12-8-18-19(9-13(12)2)29-20(28-18)14-4-3-7-30(11-14)21(31)27-15-5-6-17(23)16(10-15)22(24,25)26/h5-6,8-10,14H,3-4,7,11H2,1-2H3,(H,27,31)(H,28,29)/t14-/m1/s1. The molecular formula is C22H22ClF3N4O. The van der Waals surface area contributed by atoms with Crippen molar-refractivity contribution in [1.29, 1.82) is 0 Å². The maximum atomic E-state index is 13.1. The normalized spacial score (nSPS) is 17.2. The van der Waals surface area contributed by atoms with E-state index in [0.29, 0.717) is 13.1 Å². The van der Waals surface area contributed by atoms with E-state index in [9.17, 15) is 18.0 Å². The van der Waals surface area contributed by atoms with Gasteiger partial charge in [-0.15, -0.1) is 0 Å². The summed E-state index contributed by atoms with van der Waals surface area (Å²) in [6.07, 6.45) is -2.94. The van der Waals surface area contributed by atoms with Gasteiger partial charge in [0.1, 0.15) is 5.82 Å². The van der Waals surface area contributed by atoms with E-state index in [1.165, 1.54) is 11.6 Å². The van der Waals surface area contributed by atoms with Crippen LogP contribution in [0.2, 0.25) is 5.02 Å². The first-order valence-corrected chi connectivity index (χ1v) is 10.4. The van der Waals surface area contributed by atoms with Crippen LogP contribution in [0.4, 0.5) is 23.7 Å². The number of amides is 2. The van der Waals surface area contributed by atoms with Crippen LogP contribution < -0.4 is 5.32 Å². The number of anilines is 1. The van der Waals surface area contributed by atoms with Crippen molar-refractivity contribution in [2.75, 3.05) is 18.4 Å². The Bertz CT molecular complexity index is 1100. The number of fused-ring (bicyclic) bond motifs is 1. The van der Waals surface area contributed by atoms with Crippen molar-refractivity contribution in [3.8, 4) is 0 Å². The quantitative estimate of drug-likeness (QED) is 0.483. The zero-order valence-corrected chi connectivity index (χ0v) is 17.9. The predicted molar refractivity (Wildman–Crippen MR) is 115 cm³/mol. The van der Waals surface area contributed by atoms with Gasteiger partial charge in [-0.25, -0.2) is 9.78 Å². The van der Waals surface area contributed by atoms with Gasteiger partial charge in [0.15, 0.2) is 0 Å². The number of nitrogens with one attached hydrogen (secondary N) is 2. The molecule has 2 N–H and O–H groups in total. The Morgan fingerprint density at radius 3 is 2.71 bits per heavy atom. The molecular weight excluding hydrogens is 429 g/mol. The fourth-order valence-corrected chi connectivity index (χ4v) is 4.11. The van der Waals surface area contributed by atoms with E-state index < -0.39 is 22.8 Å². The van der Waals surface area contributed by atoms with E-state index in [1.807, 2.05) is 19.9 Å². The lowest BCUT2D eigenvalue weighted by atomic mass is 9.97. The number of aromatic nitrogens is 2. The number of hydrogen-bond acceptors (Lipinski definition) is 2. The molecule has 2 aromatic carbocycles. The maximum Gasteiger partial charge on any atom is 0.417 e. The van der Waals surface area contributed by atoms with Crippen LogP contribution in [-0.2, 0) is 6.18 Å². The van der Waals surface area contributed by atoms with E-state index in [1.54, 1.807) is 4.90 Å². The zero-order chi connectivity index (χ0) is 22.3. The average molecular weight is 451 g/mol. The van der Waals surface area contributed by atoms with E-state index in [-0.39, 0.29) is 11.6 Å². The van der Waals surface area contributed by atoms with Gasteiger partial charge in [-0.3, -0.25) is 0 Å². The first-order chi connectivity index (χ1) is 14.6. The summed E-state index contributed by atoms with van der Waals surface area (Å²) in [7, 11) is 0. The van der Waals surface area contributed by atoms with Crippen LogP contribution in [0.1, 0.15) is 41.3 Å². The summed E-state index contributed by atoms with van der Waals surface area (Å²) >= 11 is 5.65. The molecule has 1 atom stereocenters. The largest absolute Gasteiger partial charge is 0.417 e. The highest BCUT2D eigenvalue weighted by Crippen LogP contribution is 2.36. The minimum atomic E-state index is -4.59. The first kappa shape index (κ1) is 21.5. The number of rotatable bonds is 2. The number of halogens is 4. The number of H-pyrrole nitrogens is 1. The van der Waals surface area contributed by atoms with Crippen molar-refractivity contribution in [1.82, 2.24) is 14.9 Å². The van der Waals surface area contributed by atoms with Gasteiger partial charge < -0.3 is 15.2 Å². The topological polar surface area (TPSA) is 61.0 Å². The summed E-state index contributed by atoms with van der Waals surface area (Å²) in [5.74, 6) is 0.854. The minimum absolute atomic E-state index is 0.0310. The fourth-order valence-electron chi connectivity index (χ4n) is 3.89. The Kier molecular flexibility index (Phi) is 5.60. The second-order valence-electron chi connectivity index (χ2n) is 7.98. The van der Waals surface area contributed by atoms with E-state index in [2.05, 4.69) is 16.4 Å². The van der Waals surface area contributed by atoms with Crippen LogP contribution in [0.15, 0.2) is 30.3 Å². The van der Waals surface area contributed by atoms with Crippen LogP contribution in [0, 0.1) is 13.8 Å². The smallest absolute Gasteiger partial charge is 0.342 e. The molecule has 4 rings (SSSR count). The number of urea groups is 1. The molecule has 1 aliphatic heterocycles. The van der Waals surface area contributed by atoms with Gasteiger partial charge in [0.25, 0.3) is 0 Å². The number of imidazole rings is 1. The van der Waals surface area contributed by atoms with Crippen LogP contribution in [-0.4, -0.2) is 34.0 Å². The number of aryl methyl sites for hydroxylation is 2. The van der Waals surface area contributed by atoms with Crippen molar-refractivity contribution in [3.05, 3.63) is 57.9 Å². The SMILES string of the molecule is Cc1cc2nc([C@@H]3CCCN(C(=O)Nc4ccc(Cl)c(C(F)(F)F)c4)C3)[nH]c2cc1C. The number of benzene rings is 2. The molecule has 2 heterocycles. The Hall–Kier alpha value is -2.74. The molecule has 5 nitrogen and oxygen atoms in total. The van der Waals surface area contributed by atoms with Crippen molar-refractivity contribution in [3.63, 3.8) is 0 Å². The molecule has 9 heteroatoms. The number of carbonyl (C=O) groups is 1. The highest BCUT2D eigenvalue weighted by molar-refractivity contribution is 6.31. The molecule has 1 fully saturated rings. The number of piperidine rings is 1. The van der Waals surface area contributed by atoms with Crippen LogP contribution in [0.3, 0.4) is 0 Å². The van der Waals surface area contributed by atoms with Gasteiger partial charge in [0.2, 0.25) is 0 Å². The van der Waals surface area contributed by atoms with Crippen LogP contribution in [0.25, 0.3) is 11.0 Å². The number of hydrogen-bond donors (Lipinski definition) is 2. The Morgan fingerprint density at radius 2 is 1.97 bits per heavy atom. The molecule has 0 bridgehead atoms. The van der Waals surface area contributed by atoms with E-state index in [0.717, 1.165) is 47.4 Å².